The van der Waals surface area contributed by atoms with Crippen molar-refractivity contribution in [2.24, 2.45) is 16.6 Å². The lowest BCUT2D eigenvalue weighted by atomic mass is 10.1. The molecule has 706 valence electrons. The van der Waals surface area contributed by atoms with Crippen LogP contribution in [0.15, 0.2) is 177 Å². The number of carbonyl (C=O) groups is 7. The van der Waals surface area contributed by atoms with E-state index in [1.54, 1.807) is 172 Å². The maximum Gasteiger partial charge on any atom is 0.408 e. The van der Waals surface area contributed by atoms with Crippen LogP contribution in [0.1, 0.15) is 202 Å². The number of alkyl carbamates (subject to hydrolysis) is 4. The summed E-state index contributed by atoms with van der Waals surface area (Å²) in [5.41, 5.74) is 20.5. The standard InChI is InChI=1S/C24H23FN4O3.C23H21FN4O3.C13H19NO5.C11H16N4O3.C11H18N2O3.C11H17NO4/c1-26-13-17-8-9-18(32-17)14-27-24(30)19-10-12-21-22(23(19)31-2)20(28-29-21)11-5-15-3-6-16(25)7-4-15;1-30-22-18(23(29)26-13-17-8-7-16(12-25)31-17)9-11-20-21(22)19(27-28-20)10-4-14-2-5-15(24)6-3-14;1-9(15)17-8-11-6-5-10(18-11)7-14-12(16)19-13(2,3)4;1-11(2,3)18-10(16)13-6-8-4-5-9(17-8)7-14-15-12;1-11(2,3)16-10(14)13-7-9-5-4-8(6-12)15-9;1-11(2,3)16-10(14)12-6-8-4-5-9(7-13)15-8/h3-12,26H,13-14H2,1-2H3,(H,27,30)(H,28,29);2-11H,12-13,25H2,1H3,(H,26,29)(H,27,28);5-6H,7-8H2,1-4H3,(H,14,16);4-5,12H,6-7H2,1-3H3;4-5H,6-7,12H2,1-3H3,(H,13,14);4-5,13H,6-7H2,1-3H3,(H,12,14)/p+1/b11-5+;10-4+;;;;. The van der Waals surface area contributed by atoms with Crippen LogP contribution in [0.2, 0.25) is 0 Å². The van der Waals surface area contributed by atoms with E-state index in [-0.39, 0.29) is 81.9 Å². The van der Waals surface area contributed by atoms with Gasteiger partial charge in [0.25, 0.3) is 11.8 Å². The van der Waals surface area contributed by atoms with Gasteiger partial charge in [0, 0.05) is 6.92 Å². The minimum atomic E-state index is -0.534. The van der Waals surface area contributed by atoms with E-state index in [0.717, 1.165) is 16.9 Å². The molecule has 8 heterocycles. The Kier molecular flexibility index (Phi) is 40.0. The molecule has 39 heteroatoms. The first-order valence-corrected chi connectivity index (χ1v) is 41.3. The van der Waals surface area contributed by atoms with Gasteiger partial charge < -0.3 is 113 Å². The molecule has 12 rings (SSSR count). The Balaban J connectivity index is 0.000000222. The van der Waals surface area contributed by atoms with Gasteiger partial charge in [0.15, 0.2) is 6.54 Å². The summed E-state index contributed by atoms with van der Waals surface area (Å²) in [6.07, 6.45) is 5.33. The zero-order chi connectivity index (χ0) is 96.7. The summed E-state index contributed by atoms with van der Waals surface area (Å²) in [7, 11) is 4.86. The number of aliphatic hydroxyl groups excluding tert-OH is 1. The van der Waals surface area contributed by atoms with E-state index in [0.29, 0.717) is 145 Å². The van der Waals surface area contributed by atoms with Gasteiger partial charge in [-0.2, -0.15) is 10.2 Å². The second kappa shape index (κ2) is 50.7. The van der Waals surface area contributed by atoms with E-state index in [1.165, 1.54) is 45.4 Å². The first-order valence-electron chi connectivity index (χ1n) is 41.3. The molecule has 0 saturated heterocycles. The number of H-pyrrole nitrogens is 2. The van der Waals surface area contributed by atoms with Gasteiger partial charge in [0.2, 0.25) is 4.91 Å². The summed E-state index contributed by atoms with van der Waals surface area (Å²) in [5, 5.41) is 47.1. The SMILES string of the molecule is CC(=O)OCc1ccc(CNC(=O)OC(C)(C)C)o1.CC(C)(C)OC(=O)NCc1ccc(CN)o1.CC(C)(C)OC(=O)NCc1ccc(CN=[N+]=N)o1.CC(C)(C)OC(=O)NCc1ccc(CO)o1.CNCc1ccc(CNC(=O)c2ccc3n[nH]c(/C=C/c4ccc(F)cc4)c3c2OC)o1.COc1c(C(=O)NCc2ccc(CN)o2)ccc2n[nH]c(/C=C/c3ccc(F)cc3)c12. The highest BCUT2D eigenvalue weighted by molar-refractivity contribution is 6.06. The Hall–Kier alpha value is -14.9. The van der Waals surface area contributed by atoms with Gasteiger partial charge in [-0.05, 0) is 235 Å². The lowest BCUT2D eigenvalue weighted by Gasteiger charge is -2.19. The van der Waals surface area contributed by atoms with Crippen molar-refractivity contribution >= 4 is 88.3 Å². The molecule has 132 heavy (non-hydrogen) atoms. The number of hydrogen-bond donors (Lipinski definition) is 13. The summed E-state index contributed by atoms with van der Waals surface area (Å²) in [5.74, 6) is 6.67. The van der Waals surface area contributed by atoms with Crippen LogP contribution in [0.5, 0.6) is 11.5 Å². The van der Waals surface area contributed by atoms with Crippen molar-refractivity contribution in [3.05, 3.63) is 260 Å². The number of rotatable bonds is 29. The maximum absolute atomic E-state index is 13.1. The fraction of sp³-hybridized carbons (Fsp3) is 0.344. The number of aromatic nitrogens is 4. The van der Waals surface area contributed by atoms with Gasteiger partial charge in [-0.3, -0.25) is 24.6 Å². The highest BCUT2D eigenvalue weighted by Crippen LogP contribution is 2.35. The Morgan fingerprint density at radius 3 is 1.05 bits per heavy atom. The molecule has 15 N–H and O–H groups in total. The van der Waals surface area contributed by atoms with Crippen LogP contribution in [0.25, 0.3) is 46.1 Å². The summed E-state index contributed by atoms with van der Waals surface area (Å²) >= 11 is 0. The number of carbonyl (C=O) groups excluding carboxylic acids is 7. The largest absolute Gasteiger partial charge is 0.495 e. The quantitative estimate of drug-likeness (QED) is 0.00896. The van der Waals surface area contributed by atoms with E-state index in [9.17, 15) is 42.3 Å². The molecule has 0 aliphatic rings. The van der Waals surface area contributed by atoms with Gasteiger partial charge >= 0.3 is 30.3 Å². The molecular formula is C93H115F2N16O21+. The zero-order valence-electron chi connectivity index (χ0n) is 76.5. The minimum absolute atomic E-state index is 0.0851. The highest BCUT2D eigenvalue weighted by atomic mass is 19.1. The van der Waals surface area contributed by atoms with E-state index < -0.39 is 46.8 Å². The number of amides is 6. The number of benzene rings is 4. The van der Waals surface area contributed by atoms with Crippen molar-refractivity contribution in [3.8, 4) is 11.5 Å². The Bertz CT molecular complexity index is 5750. The molecule has 6 amide bonds. The molecule has 12 aromatic rings. The molecule has 0 fully saturated rings. The van der Waals surface area contributed by atoms with E-state index in [2.05, 4.69) is 67.6 Å². The van der Waals surface area contributed by atoms with Crippen LogP contribution < -0.4 is 63.1 Å². The molecule has 0 radical (unpaired) electrons. The van der Waals surface area contributed by atoms with Crippen LogP contribution in [0.4, 0.5) is 28.0 Å². The van der Waals surface area contributed by atoms with Gasteiger partial charge in [0.1, 0.15) is 139 Å². The molecular weight excluding hydrogens is 1720 g/mol. The summed E-state index contributed by atoms with van der Waals surface area (Å²) < 4.78 is 94.9. The number of halogens is 2. The predicted octanol–water partition coefficient (Wildman–Crippen LogP) is 16.3. The number of nitrogens with zero attached hydrogens (tertiary/aromatic N) is 4. The van der Waals surface area contributed by atoms with Crippen LogP contribution >= 0.6 is 0 Å². The van der Waals surface area contributed by atoms with Crippen LogP contribution in [0, 0.1) is 17.2 Å². The third-order valence-corrected chi connectivity index (χ3v) is 16.9. The monoisotopic (exact) mass is 1830 g/mol. The average molecular weight is 1830 g/mol. The topological polar surface area (TPSA) is 527 Å². The number of fused-ring (bicyclic) bond motifs is 2. The number of methoxy groups -OCH3 is 2. The first kappa shape index (κ1) is 104. The van der Waals surface area contributed by atoms with Crippen molar-refractivity contribution < 1.29 is 107 Å². The van der Waals surface area contributed by atoms with Crippen LogP contribution in [-0.2, 0) is 107 Å². The Morgan fingerprint density at radius 2 is 0.735 bits per heavy atom. The fourth-order valence-corrected chi connectivity index (χ4v) is 11.3. The fourth-order valence-electron chi connectivity index (χ4n) is 11.3. The van der Waals surface area contributed by atoms with E-state index >= 15 is 0 Å². The molecule has 37 nitrogen and oxygen atoms in total. The molecule has 0 unspecified atom stereocenters. The maximum atomic E-state index is 13.1. The Morgan fingerprint density at radius 1 is 0.432 bits per heavy atom. The van der Waals surface area contributed by atoms with Crippen molar-refractivity contribution in [1.29, 1.82) is 5.53 Å². The van der Waals surface area contributed by atoms with Crippen LogP contribution in [0.3, 0.4) is 0 Å². The third-order valence-electron chi connectivity index (χ3n) is 16.9. The number of hydrogen-bond acceptors (Lipinski definition) is 28. The molecule has 0 atom stereocenters. The normalized spacial score (nSPS) is 11.2. The number of aromatic amines is 2. The third kappa shape index (κ3) is 37.0. The molecule has 4 aromatic carbocycles. The van der Waals surface area contributed by atoms with Gasteiger partial charge in [0.05, 0.1) is 117 Å². The highest BCUT2D eigenvalue weighted by Gasteiger charge is 2.25. The van der Waals surface area contributed by atoms with Crippen LogP contribution in [-0.4, -0.2) is 111 Å². The Labute approximate surface area is 760 Å². The molecule has 0 spiro atoms. The van der Waals surface area contributed by atoms with E-state index in [4.69, 9.17) is 81.8 Å². The molecule has 8 aromatic heterocycles. The van der Waals surface area contributed by atoms with Crippen molar-refractivity contribution in [2.75, 3.05) is 21.3 Å². The summed E-state index contributed by atoms with van der Waals surface area (Å²) in [6.45, 7) is 25.8. The summed E-state index contributed by atoms with van der Waals surface area (Å²) in [6, 6.07) is 40.2. The molecule has 0 bridgehead atoms. The number of nitrogens with two attached hydrogens (primary N) is 2. The van der Waals surface area contributed by atoms with Gasteiger partial charge in [-0.25, -0.2) is 28.0 Å². The number of esters is 1. The predicted molar refractivity (Wildman–Crippen MR) is 484 cm³/mol. The van der Waals surface area contributed by atoms with E-state index in [1.807, 2.05) is 64.3 Å². The first-order chi connectivity index (χ1) is 62.6. The number of nitrogens with one attached hydrogen (secondary N) is 10. The molecule has 0 saturated carbocycles. The second-order valence-electron chi connectivity index (χ2n) is 32.4. The van der Waals surface area contributed by atoms with Crippen molar-refractivity contribution in [1.82, 2.24) is 62.5 Å². The van der Waals surface area contributed by atoms with Crippen molar-refractivity contribution in [2.45, 2.75) is 191 Å². The smallest absolute Gasteiger partial charge is 0.408 e. The number of furan rings is 6. The van der Waals surface area contributed by atoms with Gasteiger partial charge in [-0.1, -0.05) is 36.4 Å². The second-order valence-corrected chi connectivity index (χ2v) is 32.4. The number of ether oxygens (including phenoxy) is 7. The lowest BCUT2D eigenvalue weighted by molar-refractivity contribution is -0.142. The van der Waals surface area contributed by atoms with Gasteiger partial charge in [-0.15, -0.1) is 0 Å². The lowest BCUT2D eigenvalue weighted by Crippen LogP contribution is -2.32. The average Bonchev–Trinajstić information content (AvgIpc) is 1.63. The summed E-state index contributed by atoms with van der Waals surface area (Å²) in [4.78, 5) is 84.6. The minimum Gasteiger partial charge on any atom is -0.495 e. The molecule has 0 aliphatic heterocycles. The zero-order valence-corrected chi connectivity index (χ0v) is 76.5. The van der Waals surface area contributed by atoms with Crippen molar-refractivity contribution in [3.63, 3.8) is 0 Å². The number of aliphatic hydroxyl groups is 1. The molecule has 0 aliphatic carbocycles.